The summed E-state index contributed by atoms with van der Waals surface area (Å²) in [4.78, 5) is 16.0. The normalized spacial score (nSPS) is 14.4. The summed E-state index contributed by atoms with van der Waals surface area (Å²) in [6.07, 6.45) is 4.21. The molecule has 0 spiro atoms. The molecule has 134 valence electrons. The number of aromatic amines is 2. The fourth-order valence-electron chi connectivity index (χ4n) is 3.87. The monoisotopic (exact) mass is 355 g/mol. The van der Waals surface area contributed by atoms with E-state index in [0.29, 0.717) is 18.0 Å². The molecule has 2 heterocycles. The summed E-state index contributed by atoms with van der Waals surface area (Å²) in [7, 11) is 0. The molecule has 1 saturated carbocycles. The second-order valence-corrected chi connectivity index (χ2v) is 7.39. The number of hydrogen-bond acceptors (Lipinski definition) is 2. The zero-order chi connectivity index (χ0) is 18.2. The van der Waals surface area contributed by atoms with Gasteiger partial charge in [0.15, 0.2) is 11.1 Å². The van der Waals surface area contributed by atoms with Crippen LogP contribution in [0.2, 0.25) is 0 Å². The summed E-state index contributed by atoms with van der Waals surface area (Å²) in [5, 5.41) is 8.19. The summed E-state index contributed by atoms with van der Waals surface area (Å²) in [6, 6.07) is 20.6. The van der Waals surface area contributed by atoms with E-state index in [0.717, 1.165) is 29.6 Å². The lowest BCUT2D eigenvalue weighted by molar-refractivity contribution is 0.413. The highest BCUT2D eigenvalue weighted by Crippen LogP contribution is 2.37. The molecule has 2 aromatic carbocycles. The number of hydrogen-bond donors (Lipinski definition) is 2. The molecule has 0 unspecified atom stereocenters. The first kappa shape index (κ1) is 16.1. The Morgan fingerprint density at radius 2 is 1.70 bits per heavy atom. The minimum Gasteiger partial charge on any atom is -0.341 e. The molecule has 4 aromatic rings. The van der Waals surface area contributed by atoms with Gasteiger partial charge in [0.05, 0.1) is 11.1 Å². The summed E-state index contributed by atoms with van der Waals surface area (Å²) in [6.45, 7) is 0. The third kappa shape index (κ3) is 2.97. The predicted molar refractivity (Wildman–Crippen MR) is 108 cm³/mol. The maximum absolute atomic E-state index is 12.7. The van der Waals surface area contributed by atoms with Gasteiger partial charge in [-0.2, -0.15) is 5.10 Å². The van der Waals surface area contributed by atoms with Gasteiger partial charge in [-0.3, -0.25) is 9.89 Å². The van der Waals surface area contributed by atoms with Gasteiger partial charge in [0.25, 0.3) is 0 Å². The van der Waals surface area contributed by atoms with Gasteiger partial charge < -0.3 is 4.98 Å². The second-order valence-electron chi connectivity index (χ2n) is 7.39. The van der Waals surface area contributed by atoms with Crippen LogP contribution >= 0.6 is 0 Å². The van der Waals surface area contributed by atoms with Gasteiger partial charge in [0.2, 0.25) is 0 Å². The van der Waals surface area contributed by atoms with Crippen molar-refractivity contribution < 1.29 is 0 Å². The third-order valence-electron chi connectivity index (χ3n) is 5.59. The highest BCUT2D eigenvalue weighted by molar-refractivity contribution is 5.78. The van der Waals surface area contributed by atoms with Crippen molar-refractivity contribution in [2.45, 2.75) is 31.6 Å². The molecule has 27 heavy (non-hydrogen) atoms. The minimum atomic E-state index is 0.0651. The number of fused-ring (bicyclic) bond motifs is 1. The molecule has 0 amide bonds. The van der Waals surface area contributed by atoms with Crippen LogP contribution in [-0.2, 0) is 6.42 Å². The SMILES string of the molecule is O=c1cc(Cc2ccc(-c3ccccc3)cc2)[nH]c2n[nH]c(C3CCC3)c12. The Kier molecular flexibility index (Phi) is 3.89. The average Bonchev–Trinajstić information content (AvgIpc) is 3.06. The van der Waals surface area contributed by atoms with Crippen LogP contribution in [0.4, 0.5) is 0 Å². The van der Waals surface area contributed by atoms with E-state index in [1.165, 1.54) is 23.1 Å². The Labute approximate surface area is 157 Å². The lowest BCUT2D eigenvalue weighted by Gasteiger charge is -2.23. The van der Waals surface area contributed by atoms with Crippen molar-refractivity contribution in [3.63, 3.8) is 0 Å². The lowest BCUT2D eigenvalue weighted by Crippen LogP contribution is -2.13. The van der Waals surface area contributed by atoms with Crippen LogP contribution in [-0.4, -0.2) is 15.2 Å². The number of pyridine rings is 1. The molecule has 4 nitrogen and oxygen atoms in total. The fraction of sp³-hybridized carbons (Fsp3) is 0.217. The summed E-state index contributed by atoms with van der Waals surface area (Å²) >= 11 is 0. The Morgan fingerprint density at radius 3 is 2.41 bits per heavy atom. The van der Waals surface area contributed by atoms with E-state index < -0.39 is 0 Å². The van der Waals surface area contributed by atoms with Crippen LogP contribution in [0.1, 0.15) is 42.1 Å². The third-order valence-corrected chi connectivity index (χ3v) is 5.59. The van der Waals surface area contributed by atoms with Crippen LogP contribution in [0.5, 0.6) is 0 Å². The number of rotatable bonds is 4. The number of nitrogens with zero attached hydrogens (tertiary/aromatic N) is 1. The van der Waals surface area contributed by atoms with Crippen molar-refractivity contribution in [3.05, 3.63) is 87.8 Å². The molecular formula is C23H21N3O. The van der Waals surface area contributed by atoms with Crippen LogP contribution < -0.4 is 5.43 Å². The van der Waals surface area contributed by atoms with Crippen molar-refractivity contribution in [2.75, 3.05) is 0 Å². The first-order valence-corrected chi connectivity index (χ1v) is 9.52. The summed E-state index contributed by atoms with van der Waals surface area (Å²) in [5.74, 6) is 0.465. The summed E-state index contributed by atoms with van der Waals surface area (Å²) in [5.41, 5.74) is 6.22. The van der Waals surface area contributed by atoms with Gasteiger partial charge in [-0.05, 0) is 29.5 Å². The zero-order valence-electron chi connectivity index (χ0n) is 15.0. The molecule has 1 aliphatic carbocycles. The molecule has 1 aliphatic rings. The highest BCUT2D eigenvalue weighted by atomic mass is 16.1. The van der Waals surface area contributed by atoms with Gasteiger partial charge >= 0.3 is 0 Å². The molecule has 0 atom stereocenters. The number of aromatic nitrogens is 3. The van der Waals surface area contributed by atoms with Crippen molar-refractivity contribution in [2.24, 2.45) is 0 Å². The second kappa shape index (κ2) is 6.54. The zero-order valence-corrected chi connectivity index (χ0v) is 15.0. The highest BCUT2D eigenvalue weighted by Gasteiger charge is 2.25. The van der Waals surface area contributed by atoms with Crippen molar-refractivity contribution in [1.29, 1.82) is 0 Å². The van der Waals surface area contributed by atoms with Crippen LogP contribution in [0.25, 0.3) is 22.2 Å². The molecule has 4 heteroatoms. The maximum atomic E-state index is 12.7. The lowest BCUT2D eigenvalue weighted by atomic mass is 9.82. The van der Waals surface area contributed by atoms with E-state index in [2.05, 4.69) is 51.6 Å². The van der Waals surface area contributed by atoms with Gasteiger partial charge in [-0.15, -0.1) is 0 Å². The maximum Gasteiger partial charge on any atom is 0.193 e. The Morgan fingerprint density at radius 1 is 0.963 bits per heavy atom. The molecule has 5 rings (SSSR count). The largest absolute Gasteiger partial charge is 0.341 e. The molecular weight excluding hydrogens is 334 g/mol. The average molecular weight is 355 g/mol. The van der Waals surface area contributed by atoms with Gasteiger partial charge in [-0.1, -0.05) is 61.0 Å². The molecule has 0 radical (unpaired) electrons. The van der Waals surface area contributed by atoms with Crippen LogP contribution in [0.15, 0.2) is 65.5 Å². The van der Waals surface area contributed by atoms with Crippen molar-refractivity contribution >= 4 is 11.0 Å². The smallest absolute Gasteiger partial charge is 0.193 e. The topological polar surface area (TPSA) is 61.5 Å². The predicted octanol–water partition coefficient (Wildman–Crippen LogP) is 4.78. The van der Waals surface area contributed by atoms with Gasteiger partial charge in [0.1, 0.15) is 0 Å². The van der Waals surface area contributed by atoms with E-state index in [-0.39, 0.29) is 5.43 Å². The van der Waals surface area contributed by atoms with Crippen LogP contribution in [0, 0.1) is 0 Å². The number of H-pyrrole nitrogens is 2. The standard InChI is InChI=1S/C23H21N3O/c27-20-14-19(24-23-21(20)22(25-26-23)18-7-4-8-18)13-15-9-11-17(12-10-15)16-5-2-1-3-6-16/h1-3,5-6,9-12,14,18H,4,7-8,13H2,(H2,24,25,26,27). The quantitative estimate of drug-likeness (QED) is 0.553. The van der Waals surface area contributed by atoms with Gasteiger partial charge in [-0.25, -0.2) is 0 Å². The van der Waals surface area contributed by atoms with E-state index in [4.69, 9.17) is 0 Å². The Balaban J connectivity index is 1.42. The molecule has 0 aliphatic heterocycles. The first-order valence-electron chi connectivity index (χ1n) is 9.52. The Bertz CT molecular complexity index is 1140. The Hall–Kier alpha value is -3.14. The summed E-state index contributed by atoms with van der Waals surface area (Å²) < 4.78 is 0. The molecule has 2 aromatic heterocycles. The molecule has 2 N–H and O–H groups in total. The number of benzene rings is 2. The first-order chi connectivity index (χ1) is 13.3. The van der Waals surface area contributed by atoms with E-state index in [9.17, 15) is 4.79 Å². The van der Waals surface area contributed by atoms with Crippen molar-refractivity contribution in [3.8, 4) is 11.1 Å². The number of nitrogens with one attached hydrogen (secondary N) is 2. The molecule has 0 saturated heterocycles. The van der Waals surface area contributed by atoms with Gasteiger partial charge in [0, 0.05) is 24.1 Å². The van der Waals surface area contributed by atoms with E-state index in [1.54, 1.807) is 6.07 Å². The van der Waals surface area contributed by atoms with E-state index in [1.807, 2.05) is 18.2 Å². The van der Waals surface area contributed by atoms with Crippen molar-refractivity contribution in [1.82, 2.24) is 15.2 Å². The minimum absolute atomic E-state index is 0.0651. The van der Waals surface area contributed by atoms with Crippen LogP contribution in [0.3, 0.4) is 0 Å². The van der Waals surface area contributed by atoms with E-state index >= 15 is 0 Å². The fourth-order valence-corrected chi connectivity index (χ4v) is 3.87. The molecule has 1 fully saturated rings. The molecule has 0 bridgehead atoms.